The van der Waals surface area contributed by atoms with Crippen molar-refractivity contribution in [2.24, 2.45) is 0 Å². The Morgan fingerprint density at radius 1 is 1.05 bits per heavy atom. The van der Waals surface area contributed by atoms with Crippen LogP contribution in [0.15, 0.2) is 58.8 Å². The molecule has 0 aliphatic rings. The number of benzene rings is 2. The molecule has 0 aliphatic carbocycles. The van der Waals surface area contributed by atoms with E-state index >= 15 is 0 Å². The molecule has 0 aromatic heterocycles. The molecule has 2 rings (SSSR count). The molecule has 2 aromatic rings. The summed E-state index contributed by atoms with van der Waals surface area (Å²) in [4.78, 5) is 1.19. The average molecular weight is 335 g/mol. The highest BCUT2D eigenvalue weighted by Crippen LogP contribution is 2.29. The van der Waals surface area contributed by atoms with E-state index in [9.17, 15) is 0 Å². The molecule has 1 nitrogen and oxygen atoms in total. The normalized spacial score (nSPS) is 11.4. The van der Waals surface area contributed by atoms with E-state index < -0.39 is 0 Å². The Morgan fingerprint density at radius 2 is 1.68 bits per heavy atom. The average Bonchev–Trinajstić information content (AvgIpc) is 2.46. The van der Waals surface area contributed by atoms with Crippen LogP contribution < -0.4 is 4.74 Å². The molecule has 0 radical (unpaired) electrons. The van der Waals surface area contributed by atoms with Gasteiger partial charge in [0.15, 0.2) is 0 Å². The molecular formula is C16H15BrOS. The largest absolute Gasteiger partial charge is 0.497 e. The lowest BCUT2D eigenvalue weighted by molar-refractivity contribution is 0.414. The highest BCUT2D eigenvalue weighted by atomic mass is 79.9. The van der Waals surface area contributed by atoms with Gasteiger partial charge in [-0.05, 0) is 58.1 Å². The van der Waals surface area contributed by atoms with E-state index in [0.29, 0.717) is 0 Å². The Hall–Kier alpha value is -1.19. The van der Waals surface area contributed by atoms with Gasteiger partial charge in [-0.1, -0.05) is 41.6 Å². The van der Waals surface area contributed by atoms with Crippen molar-refractivity contribution in [3.05, 3.63) is 65.1 Å². The third kappa shape index (κ3) is 4.15. The van der Waals surface area contributed by atoms with Gasteiger partial charge < -0.3 is 4.74 Å². The van der Waals surface area contributed by atoms with E-state index in [1.54, 1.807) is 18.9 Å². The van der Waals surface area contributed by atoms with Crippen LogP contribution in [0.4, 0.5) is 0 Å². The van der Waals surface area contributed by atoms with Crippen molar-refractivity contribution in [1.82, 2.24) is 0 Å². The molecule has 0 heterocycles. The summed E-state index contributed by atoms with van der Waals surface area (Å²) in [5.41, 5.74) is 2.46. The van der Waals surface area contributed by atoms with Crippen molar-refractivity contribution in [3.63, 3.8) is 0 Å². The van der Waals surface area contributed by atoms with E-state index in [1.807, 2.05) is 12.1 Å². The summed E-state index contributed by atoms with van der Waals surface area (Å²) in [6.07, 6.45) is 0. The smallest absolute Gasteiger partial charge is 0.118 e. The molecule has 3 heteroatoms. The summed E-state index contributed by atoms with van der Waals surface area (Å²) in [5, 5.41) is 2.10. The quantitative estimate of drug-likeness (QED) is 0.683. The summed E-state index contributed by atoms with van der Waals surface area (Å²) in [7, 11) is 1.68. The van der Waals surface area contributed by atoms with Crippen LogP contribution in [0.25, 0.3) is 4.48 Å². The summed E-state index contributed by atoms with van der Waals surface area (Å²) < 4.78 is 6.23. The van der Waals surface area contributed by atoms with Gasteiger partial charge in [-0.3, -0.25) is 0 Å². The zero-order valence-electron chi connectivity index (χ0n) is 10.9. The number of thioether (sulfide) groups is 1. The number of rotatable bonds is 4. The first-order chi connectivity index (χ1) is 9.19. The lowest BCUT2D eigenvalue weighted by atomic mass is 10.1. The van der Waals surface area contributed by atoms with Crippen molar-refractivity contribution in [2.45, 2.75) is 11.8 Å². The summed E-state index contributed by atoms with van der Waals surface area (Å²) in [6, 6.07) is 16.5. The minimum Gasteiger partial charge on any atom is -0.497 e. The van der Waals surface area contributed by atoms with Crippen molar-refractivity contribution in [3.8, 4) is 5.75 Å². The topological polar surface area (TPSA) is 9.23 Å². The second kappa shape index (κ2) is 6.83. The molecule has 0 unspecified atom stereocenters. The number of methoxy groups -OCH3 is 1. The van der Waals surface area contributed by atoms with Crippen LogP contribution in [-0.4, -0.2) is 7.11 Å². The van der Waals surface area contributed by atoms with E-state index in [4.69, 9.17) is 4.74 Å². The van der Waals surface area contributed by atoms with E-state index in [2.05, 4.69) is 64.7 Å². The molecule has 0 fully saturated rings. The minimum atomic E-state index is 0.880. The standard InChI is InChI=1S/C16H15BrOS/c1-12-3-5-13(6-4-12)16(17)11-19-15-9-7-14(18-2)8-10-15/h3-11H,1-2H3/b16-11-. The Balaban J connectivity index is 2.06. The monoisotopic (exact) mass is 334 g/mol. The van der Waals surface area contributed by atoms with Gasteiger partial charge in [0.1, 0.15) is 5.75 Å². The number of hydrogen-bond donors (Lipinski definition) is 0. The van der Waals surface area contributed by atoms with Gasteiger partial charge in [0.25, 0.3) is 0 Å². The Kier molecular flexibility index (Phi) is 5.11. The molecule has 0 spiro atoms. The molecule has 0 saturated carbocycles. The van der Waals surface area contributed by atoms with Gasteiger partial charge in [0, 0.05) is 9.38 Å². The zero-order valence-corrected chi connectivity index (χ0v) is 13.3. The predicted molar refractivity (Wildman–Crippen MR) is 86.9 cm³/mol. The Labute approximate surface area is 126 Å². The fourth-order valence-corrected chi connectivity index (χ4v) is 2.77. The van der Waals surface area contributed by atoms with E-state index in [-0.39, 0.29) is 0 Å². The molecule has 2 aromatic carbocycles. The first kappa shape index (κ1) is 14.2. The van der Waals surface area contributed by atoms with Gasteiger partial charge in [0.2, 0.25) is 0 Å². The maximum absolute atomic E-state index is 5.14. The second-order valence-electron chi connectivity index (χ2n) is 4.13. The van der Waals surface area contributed by atoms with Crippen LogP contribution in [0.1, 0.15) is 11.1 Å². The maximum atomic E-state index is 5.14. The van der Waals surface area contributed by atoms with Gasteiger partial charge in [-0.2, -0.15) is 0 Å². The molecule has 0 amide bonds. The summed E-state index contributed by atoms with van der Waals surface area (Å²) in [6.45, 7) is 2.09. The van der Waals surface area contributed by atoms with Crippen LogP contribution in [0.3, 0.4) is 0 Å². The zero-order chi connectivity index (χ0) is 13.7. The molecular weight excluding hydrogens is 320 g/mol. The van der Waals surface area contributed by atoms with Crippen LogP contribution in [0.5, 0.6) is 5.75 Å². The third-order valence-electron chi connectivity index (χ3n) is 2.69. The van der Waals surface area contributed by atoms with Crippen molar-refractivity contribution in [1.29, 1.82) is 0 Å². The molecule has 0 bridgehead atoms. The highest BCUT2D eigenvalue weighted by Gasteiger charge is 1.98. The lowest BCUT2D eigenvalue weighted by Gasteiger charge is -2.02. The van der Waals surface area contributed by atoms with Crippen molar-refractivity contribution >= 4 is 32.2 Å². The van der Waals surface area contributed by atoms with Crippen molar-refractivity contribution < 1.29 is 4.74 Å². The van der Waals surface area contributed by atoms with E-state index in [0.717, 1.165) is 10.2 Å². The second-order valence-corrected chi connectivity index (χ2v) is 5.92. The van der Waals surface area contributed by atoms with Crippen LogP contribution in [0, 0.1) is 6.92 Å². The van der Waals surface area contributed by atoms with Crippen LogP contribution in [-0.2, 0) is 0 Å². The lowest BCUT2D eigenvalue weighted by Crippen LogP contribution is -1.80. The maximum Gasteiger partial charge on any atom is 0.118 e. The van der Waals surface area contributed by atoms with E-state index in [1.165, 1.54) is 16.0 Å². The molecule has 0 aliphatic heterocycles. The molecule has 0 N–H and O–H groups in total. The third-order valence-corrected chi connectivity index (χ3v) is 4.57. The highest BCUT2D eigenvalue weighted by molar-refractivity contribution is 9.15. The summed E-state index contributed by atoms with van der Waals surface area (Å²) >= 11 is 5.29. The van der Waals surface area contributed by atoms with Gasteiger partial charge in [0.05, 0.1) is 7.11 Å². The Morgan fingerprint density at radius 3 is 2.26 bits per heavy atom. The van der Waals surface area contributed by atoms with Gasteiger partial charge in [-0.15, -0.1) is 0 Å². The van der Waals surface area contributed by atoms with Crippen molar-refractivity contribution in [2.75, 3.05) is 7.11 Å². The SMILES string of the molecule is COc1ccc(S/C=C(\Br)c2ccc(C)cc2)cc1. The first-order valence-corrected chi connectivity index (χ1v) is 7.60. The number of ether oxygens (including phenoxy) is 1. The molecule has 98 valence electrons. The van der Waals surface area contributed by atoms with Crippen LogP contribution in [0.2, 0.25) is 0 Å². The van der Waals surface area contributed by atoms with Crippen LogP contribution >= 0.6 is 27.7 Å². The van der Waals surface area contributed by atoms with Gasteiger partial charge >= 0.3 is 0 Å². The first-order valence-electron chi connectivity index (χ1n) is 5.92. The molecule has 19 heavy (non-hydrogen) atoms. The fourth-order valence-electron chi connectivity index (χ4n) is 1.55. The molecule has 0 saturated heterocycles. The fraction of sp³-hybridized carbons (Fsp3) is 0.125. The Bertz CT molecular complexity index is 558. The predicted octanol–water partition coefficient (Wildman–Crippen LogP) is 5.49. The van der Waals surface area contributed by atoms with Gasteiger partial charge in [-0.25, -0.2) is 0 Å². The number of hydrogen-bond acceptors (Lipinski definition) is 2. The number of aryl methyl sites for hydroxylation is 1. The summed E-state index contributed by atoms with van der Waals surface area (Å²) in [5.74, 6) is 0.880. The number of halogens is 1. The minimum absolute atomic E-state index is 0.880. The molecule has 0 atom stereocenters.